The summed E-state index contributed by atoms with van der Waals surface area (Å²) < 4.78 is 0. The second-order valence-electron chi connectivity index (χ2n) is 5.75. The van der Waals surface area contributed by atoms with Crippen molar-refractivity contribution in [3.05, 3.63) is 35.5 Å². The van der Waals surface area contributed by atoms with E-state index in [1.807, 2.05) is 0 Å². The van der Waals surface area contributed by atoms with Crippen LogP contribution in [0.15, 0.2) is 35.5 Å². The molecule has 3 atom stereocenters. The number of hydrogen-bond acceptors (Lipinski definition) is 1. The van der Waals surface area contributed by atoms with E-state index in [-0.39, 0.29) is 0 Å². The van der Waals surface area contributed by atoms with E-state index in [0.717, 1.165) is 25.7 Å². The Morgan fingerprint density at radius 2 is 2.18 bits per heavy atom. The van der Waals surface area contributed by atoms with E-state index < -0.39 is 5.60 Å². The number of fused-ring (bicyclic) bond motifs is 1. The van der Waals surface area contributed by atoms with Crippen molar-refractivity contribution < 1.29 is 5.11 Å². The van der Waals surface area contributed by atoms with Crippen LogP contribution in [-0.4, -0.2) is 10.7 Å². The lowest BCUT2D eigenvalue weighted by Gasteiger charge is -2.36. The minimum Gasteiger partial charge on any atom is -0.386 e. The molecule has 2 aliphatic carbocycles. The van der Waals surface area contributed by atoms with Gasteiger partial charge in [0.1, 0.15) is 0 Å². The Bertz CT molecular complexity index is 375. The first-order valence-electron chi connectivity index (χ1n) is 6.89. The molecule has 2 aliphatic rings. The Morgan fingerprint density at radius 1 is 1.41 bits per heavy atom. The van der Waals surface area contributed by atoms with Crippen molar-refractivity contribution in [2.75, 3.05) is 0 Å². The van der Waals surface area contributed by atoms with E-state index in [1.54, 1.807) is 0 Å². The first-order valence-corrected chi connectivity index (χ1v) is 6.89. The fourth-order valence-corrected chi connectivity index (χ4v) is 3.01. The van der Waals surface area contributed by atoms with E-state index in [9.17, 15) is 5.11 Å². The summed E-state index contributed by atoms with van der Waals surface area (Å²) in [5.74, 6) is 1.01. The molecule has 0 amide bonds. The van der Waals surface area contributed by atoms with Gasteiger partial charge in [0.05, 0.1) is 5.60 Å². The summed E-state index contributed by atoms with van der Waals surface area (Å²) in [6, 6.07) is 0. The lowest BCUT2D eigenvalue weighted by molar-refractivity contribution is 0.0544. The standard InChI is InChI=1S/C16H24O/c1-4-5-8-16(17)10-13(3)15-9-12(2)6-7-14(15)11-16/h6-7,9,11-13,17H,4-5,8,10H2,1-3H3. The van der Waals surface area contributed by atoms with E-state index in [0.29, 0.717) is 11.8 Å². The van der Waals surface area contributed by atoms with Crippen LogP contribution in [0.2, 0.25) is 0 Å². The van der Waals surface area contributed by atoms with Gasteiger partial charge in [0.25, 0.3) is 0 Å². The maximum absolute atomic E-state index is 10.6. The molecule has 1 heteroatoms. The van der Waals surface area contributed by atoms with E-state index in [1.165, 1.54) is 11.1 Å². The highest BCUT2D eigenvalue weighted by molar-refractivity contribution is 5.48. The monoisotopic (exact) mass is 232 g/mol. The summed E-state index contributed by atoms with van der Waals surface area (Å²) >= 11 is 0. The molecule has 0 aliphatic heterocycles. The molecule has 0 bridgehead atoms. The van der Waals surface area contributed by atoms with Crippen LogP contribution in [-0.2, 0) is 0 Å². The number of hydrogen-bond donors (Lipinski definition) is 1. The van der Waals surface area contributed by atoms with Crippen LogP contribution in [0.3, 0.4) is 0 Å². The summed E-state index contributed by atoms with van der Waals surface area (Å²) in [7, 11) is 0. The van der Waals surface area contributed by atoms with Crippen LogP contribution in [0.25, 0.3) is 0 Å². The lowest BCUT2D eigenvalue weighted by Crippen LogP contribution is -2.33. The summed E-state index contributed by atoms with van der Waals surface area (Å²) in [6.07, 6.45) is 12.9. The molecule has 1 nitrogen and oxygen atoms in total. The van der Waals surface area contributed by atoms with Crippen LogP contribution in [0.4, 0.5) is 0 Å². The van der Waals surface area contributed by atoms with E-state index in [2.05, 4.69) is 45.1 Å². The largest absolute Gasteiger partial charge is 0.386 e. The molecule has 0 radical (unpaired) electrons. The normalized spacial score (nSPS) is 36.2. The first-order chi connectivity index (χ1) is 8.04. The van der Waals surface area contributed by atoms with Crippen molar-refractivity contribution in [3.63, 3.8) is 0 Å². The third kappa shape index (κ3) is 2.71. The molecule has 3 unspecified atom stereocenters. The predicted molar refractivity (Wildman–Crippen MR) is 72.7 cm³/mol. The van der Waals surface area contributed by atoms with Gasteiger partial charge in [0, 0.05) is 0 Å². The maximum atomic E-state index is 10.6. The van der Waals surface area contributed by atoms with Crippen molar-refractivity contribution in [3.8, 4) is 0 Å². The highest BCUT2D eigenvalue weighted by Crippen LogP contribution is 2.40. The Kier molecular flexibility index (Phi) is 3.58. The summed E-state index contributed by atoms with van der Waals surface area (Å²) in [5.41, 5.74) is 2.11. The Balaban J connectivity index is 2.24. The number of rotatable bonds is 3. The topological polar surface area (TPSA) is 20.2 Å². The van der Waals surface area contributed by atoms with Gasteiger partial charge in [0.2, 0.25) is 0 Å². The molecular formula is C16H24O. The fraction of sp³-hybridized carbons (Fsp3) is 0.625. The third-order valence-electron chi connectivity index (χ3n) is 3.93. The zero-order valence-corrected chi connectivity index (χ0v) is 11.2. The van der Waals surface area contributed by atoms with Gasteiger partial charge in [-0.3, -0.25) is 0 Å². The minimum atomic E-state index is -0.576. The Hall–Kier alpha value is -0.820. The smallest absolute Gasteiger partial charge is 0.0842 e. The minimum absolute atomic E-state index is 0.476. The molecule has 2 rings (SSSR count). The molecule has 0 aromatic rings. The van der Waals surface area contributed by atoms with Crippen LogP contribution in [0.1, 0.15) is 46.5 Å². The molecule has 0 heterocycles. The van der Waals surface area contributed by atoms with Gasteiger partial charge < -0.3 is 5.11 Å². The first kappa shape index (κ1) is 12.6. The number of unbranched alkanes of at least 4 members (excludes halogenated alkanes) is 1. The average molecular weight is 232 g/mol. The van der Waals surface area contributed by atoms with Gasteiger partial charge >= 0.3 is 0 Å². The van der Waals surface area contributed by atoms with Crippen LogP contribution < -0.4 is 0 Å². The Morgan fingerprint density at radius 3 is 2.88 bits per heavy atom. The molecule has 0 saturated heterocycles. The van der Waals surface area contributed by atoms with E-state index >= 15 is 0 Å². The Labute approximate surface area is 105 Å². The van der Waals surface area contributed by atoms with Crippen LogP contribution >= 0.6 is 0 Å². The van der Waals surface area contributed by atoms with Crippen molar-refractivity contribution >= 4 is 0 Å². The van der Waals surface area contributed by atoms with Gasteiger partial charge in [-0.25, -0.2) is 0 Å². The highest BCUT2D eigenvalue weighted by Gasteiger charge is 2.33. The molecule has 0 spiro atoms. The molecule has 94 valence electrons. The summed E-state index contributed by atoms with van der Waals surface area (Å²) in [4.78, 5) is 0. The molecule has 0 aromatic heterocycles. The van der Waals surface area contributed by atoms with Gasteiger partial charge in [0.15, 0.2) is 0 Å². The van der Waals surface area contributed by atoms with E-state index in [4.69, 9.17) is 0 Å². The predicted octanol–water partition coefficient (Wildman–Crippen LogP) is 4.01. The van der Waals surface area contributed by atoms with Gasteiger partial charge in [-0.2, -0.15) is 0 Å². The fourth-order valence-electron chi connectivity index (χ4n) is 3.01. The summed E-state index contributed by atoms with van der Waals surface area (Å²) in [6.45, 7) is 6.63. The van der Waals surface area contributed by atoms with Crippen LogP contribution in [0.5, 0.6) is 0 Å². The molecule has 17 heavy (non-hydrogen) atoms. The van der Waals surface area contributed by atoms with Crippen LogP contribution in [0, 0.1) is 11.8 Å². The molecular weight excluding hydrogens is 208 g/mol. The number of aliphatic hydroxyl groups is 1. The maximum Gasteiger partial charge on any atom is 0.0842 e. The molecule has 0 saturated carbocycles. The van der Waals surface area contributed by atoms with Crippen molar-refractivity contribution in [1.29, 1.82) is 0 Å². The number of allylic oxidation sites excluding steroid dienone is 5. The second-order valence-corrected chi connectivity index (χ2v) is 5.75. The summed E-state index contributed by atoms with van der Waals surface area (Å²) in [5, 5.41) is 10.6. The average Bonchev–Trinajstić information content (AvgIpc) is 2.28. The molecule has 1 N–H and O–H groups in total. The third-order valence-corrected chi connectivity index (χ3v) is 3.93. The molecule has 0 fully saturated rings. The van der Waals surface area contributed by atoms with Crippen molar-refractivity contribution in [1.82, 2.24) is 0 Å². The second kappa shape index (κ2) is 4.81. The SMILES string of the molecule is CCCCC1(O)C=C2C=CC(C)C=C2C(C)C1. The van der Waals surface area contributed by atoms with Gasteiger partial charge in [-0.05, 0) is 41.9 Å². The van der Waals surface area contributed by atoms with Crippen molar-refractivity contribution in [2.45, 2.75) is 52.1 Å². The zero-order chi connectivity index (χ0) is 12.5. The highest BCUT2D eigenvalue weighted by atomic mass is 16.3. The van der Waals surface area contributed by atoms with Gasteiger partial charge in [-0.1, -0.05) is 51.8 Å². The molecule has 0 aromatic carbocycles. The zero-order valence-electron chi connectivity index (χ0n) is 11.2. The lowest BCUT2D eigenvalue weighted by atomic mass is 9.72. The van der Waals surface area contributed by atoms with Crippen molar-refractivity contribution in [2.24, 2.45) is 11.8 Å². The quantitative estimate of drug-likeness (QED) is 0.779. The van der Waals surface area contributed by atoms with Gasteiger partial charge in [-0.15, -0.1) is 0 Å².